The highest BCUT2D eigenvalue weighted by Crippen LogP contribution is 2.17. The minimum absolute atomic E-state index is 0.197. The minimum Gasteiger partial charge on any atom is -0.497 e. The fraction of sp³-hybridized carbons (Fsp3) is 0.267. The molecule has 2 heterocycles. The standard InChI is InChI=1S/C15H16N4O2/c1-11-9-17-18(10-11)14-6-7-16-19(15(14)20)12-4-3-5-13(8-12)21-2/h3-9,11H,10H2,1-2H3. The van der Waals surface area contributed by atoms with Crippen LogP contribution in [0.25, 0.3) is 5.69 Å². The Labute approximate surface area is 122 Å². The molecule has 0 N–H and O–H groups in total. The molecule has 0 saturated heterocycles. The van der Waals surface area contributed by atoms with E-state index in [2.05, 4.69) is 17.1 Å². The topological polar surface area (TPSA) is 59.7 Å². The van der Waals surface area contributed by atoms with Crippen LogP contribution in [0.15, 0.2) is 46.4 Å². The molecule has 108 valence electrons. The Morgan fingerprint density at radius 3 is 2.90 bits per heavy atom. The van der Waals surface area contributed by atoms with Gasteiger partial charge in [0.25, 0.3) is 5.56 Å². The first-order chi connectivity index (χ1) is 10.2. The summed E-state index contributed by atoms with van der Waals surface area (Å²) in [6.07, 6.45) is 3.45. The molecule has 6 heteroatoms. The zero-order valence-corrected chi connectivity index (χ0v) is 11.9. The van der Waals surface area contributed by atoms with Crippen LogP contribution in [0.1, 0.15) is 6.92 Å². The summed E-state index contributed by atoms with van der Waals surface area (Å²) in [6, 6.07) is 8.93. The molecule has 0 radical (unpaired) electrons. The molecular formula is C15H16N4O2. The molecule has 1 atom stereocenters. The number of ether oxygens (including phenoxy) is 1. The van der Waals surface area contributed by atoms with Crippen LogP contribution >= 0.6 is 0 Å². The summed E-state index contributed by atoms with van der Waals surface area (Å²) in [5.41, 5.74) is 0.989. The maximum absolute atomic E-state index is 12.6. The Kier molecular flexibility index (Phi) is 3.43. The number of anilines is 1. The molecule has 1 aliphatic heterocycles. The quantitative estimate of drug-likeness (QED) is 0.860. The summed E-state index contributed by atoms with van der Waals surface area (Å²) in [5.74, 6) is 1.02. The van der Waals surface area contributed by atoms with Gasteiger partial charge in [0.2, 0.25) is 0 Å². The molecule has 1 aliphatic rings. The van der Waals surface area contributed by atoms with Crippen LogP contribution in [0.3, 0.4) is 0 Å². The van der Waals surface area contributed by atoms with Crippen LogP contribution < -0.4 is 15.3 Å². The van der Waals surface area contributed by atoms with Crippen molar-refractivity contribution in [1.82, 2.24) is 9.78 Å². The average molecular weight is 284 g/mol. The first-order valence-electron chi connectivity index (χ1n) is 6.73. The van der Waals surface area contributed by atoms with E-state index in [0.717, 1.165) is 0 Å². The van der Waals surface area contributed by atoms with Gasteiger partial charge in [0, 0.05) is 24.7 Å². The molecule has 0 saturated carbocycles. The second kappa shape index (κ2) is 5.40. The predicted octanol–water partition coefficient (Wildman–Crippen LogP) is 1.68. The SMILES string of the molecule is COc1cccc(-n2nccc(N3CC(C)C=N3)c2=O)c1. The van der Waals surface area contributed by atoms with Crippen molar-refractivity contribution in [3.63, 3.8) is 0 Å². The molecule has 0 aliphatic carbocycles. The highest BCUT2D eigenvalue weighted by Gasteiger charge is 2.19. The van der Waals surface area contributed by atoms with Gasteiger partial charge in [0.15, 0.2) is 0 Å². The molecule has 1 aromatic heterocycles. The molecule has 0 amide bonds. The Morgan fingerprint density at radius 2 is 2.19 bits per heavy atom. The van der Waals surface area contributed by atoms with Crippen LogP contribution in [0.4, 0.5) is 5.69 Å². The van der Waals surface area contributed by atoms with E-state index in [4.69, 9.17) is 4.74 Å². The summed E-state index contributed by atoms with van der Waals surface area (Å²) in [5, 5.41) is 10.1. The van der Waals surface area contributed by atoms with Crippen LogP contribution in [-0.4, -0.2) is 29.6 Å². The lowest BCUT2D eigenvalue weighted by Crippen LogP contribution is -2.29. The Hall–Kier alpha value is -2.63. The molecule has 21 heavy (non-hydrogen) atoms. The molecule has 0 spiro atoms. The maximum atomic E-state index is 12.6. The van der Waals surface area contributed by atoms with Crippen LogP contribution in [0.5, 0.6) is 5.75 Å². The molecule has 3 rings (SSSR count). The van der Waals surface area contributed by atoms with E-state index < -0.39 is 0 Å². The van der Waals surface area contributed by atoms with Gasteiger partial charge < -0.3 is 4.74 Å². The van der Waals surface area contributed by atoms with Gasteiger partial charge in [0.05, 0.1) is 19.0 Å². The third kappa shape index (κ3) is 2.52. The molecule has 1 aromatic carbocycles. The van der Waals surface area contributed by atoms with Crippen molar-refractivity contribution in [3.8, 4) is 11.4 Å². The van der Waals surface area contributed by atoms with Gasteiger partial charge >= 0.3 is 0 Å². The van der Waals surface area contributed by atoms with Gasteiger partial charge in [-0.05, 0) is 18.2 Å². The van der Waals surface area contributed by atoms with Crippen LogP contribution in [-0.2, 0) is 0 Å². The number of hydrazone groups is 1. The molecule has 6 nitrogen and oxygen atoms in total. The van der Waals surface area contributed by atoms with E-state index in [1.54, 1.807) is 30.4 Å². The lowest BCUT2D eigenvalue weighted by Gasteiger charge is -2.15. The van der Waals surface area contributed by atoms with E-state index in [1.807, 2.05) is 24.4 Å². The monoisotopic (exact) mass is 284 g/mol. The van der Waals surface area contributed by atoms with E-state index in [0.29, 0.717) is 29.6 Å². The Balaban J connectivity index is 2.04. The summed E-state index contributed by atoms with van der Waals surface area (Å²) in [7, 11) is 1.59. The Morgan fingerprint density at radius 1 is 1.33 bits per heavy atom. The number of benzene rings is 1. The summed E-state index contributed by atoms with van der Waals surface area (Å²) >= 11 is 0. The highest BCUT2D eigenvalue weighted by molar-refractivity contribution is 5.67. The van der Waals surface area contributed by atoms with Crippen molar-refractivity contribution in [1.29, 1.82) is 0 Å². The van der Waals surface area contributed by atoms with E-state index in [-0.39, 0.29) is 5.56 Å². The van der Waals surface area contributed by atoms with Crippen LogP contribution in [0, 0.1) is 5.92 Å². The van der Waals surface area contributed by atoms with Gasteiger partial charge in [-0.1, -0.05) is 13.0 Å². The van der Waals surface area contributed by atoms with Crippen LogP contribution in [0.2, 0.25) is 0 Å². The van der Waals surface area contributed by atoms with Gasteiger partial charge in [-0.25, -0.2) is 0 Å². The fourth-order valence-corrected chi connectivity index (χ4v) is 2.25. The zero-order chi connectivity index (χ0) is 14.8. The number of methoxy groups -OCH3 is 1. The summed E-state index contributed by atoms with van der Waals surface area (Å²) in [4.78, 5) is 12.6. The number of rotatable bonds is 3. The van der Waals surface area contributed by atoms with E-state index in [1.165, 1.54) is 4.68 Å². The maximum Gasteiger partial charge on any atom is 0.296 e. The van der Waals surface area contributed by atoms with Crippen molar-refractivity contribution < 1.29 is 4.74 Å². The van der Waals surface area contributed by atoms with Crippen molar-refractivity contribution in [3.05, 3.63) is 46.9 Å². The lowest BCUT2D eigenvalue weighted by atomic mass is 10.2. The molecule has 1 unspecified atom stereocenters. The Bertz CT molecular complexity index is 738. The van der Waals surface area contributed by atoms with E-state index in [9.17, 15) is 4.79 Å². The number of nitrogens with zero attached hydrogens (tertiary/aromatic N) is 4. The predicted molar refractivity (Wildman–Crippen MR) is 81.4 cm³/mol. The highest BCUT2D eigenvalue weighted by atomic mass is 16.5. The van der Waals surface area contributed by atoms with Crippen molar-refractivity contribution in [2.45, 2.75) is 6.92 Å². The van der Waals surface area contributed by atoms with Gasteiger partial charge in [0.1, 0.15) is 11.4 Å². The van der Waals surface area contributed by atoms with Crippen molar-refractivity contribution in [2.75, 3.05) is 18.7 Å². The first kappa shape index (κ1) is 13.4. The summed E-state index contributed by atoms with van der Waals surface area (Å²) < 4.78 is 6.54. The molecule has 0 bridgehead atoms. The minimum atomic E-state index is -0.197. The third-order valence-corrected chi connectivity index (χ3v) is 3.32. The van der Waals surface area contributed by atoms with E-state index >= 15 is 0 Å². The largest absolute Gasteiger partial charge is 0.497 e. The third-order valence-electron chi connectivity index (χ3n) is 3.32. The first-order valence-corrected chi connectivity index (χ1v) is 6.73. The number of hydrogen-bond acceptors (Lipinski definition) is 5. The number of hydrogen-bond donors (Lipinski definition) is 0. The summed E-state index contributed by atoms with van der Waals surface area (Å²) in [6.45, 7) is 2.77. The molecule has 2 aromatic rings. The second-order valence-electron chi connectivity index (χ2n) is 4.96. The normalized spacial score (nSPS) is 17.2. The number of aromatic nitrogens is 2. The fourth-order valence-electron chi connectivity index (χ4n) is 2.25. The van der Waals surface area contributed by atoms with Crippen molar-refractivity contribution >= 4 is 11.9 Å². The van der Waals surface area contributed by atoms with Gasteiger partial charge in [-0.3, -0.25) is 9.80 Å². The molecular weight excluding hydrogens is 268 g/mol. The average Bonchev–Trinajstić information content (AvgIpc) is 2.94. The zero-order valence-electron chi connectivity index (χ0n) is 11.9. The van der Waals surface area contributed by atoms with Gasteiger partial charge in [-0.2, -0.15) is 14.9 Å². The molecule has 0 fully saturated rings. The van der Waals surface area contributed by atoms with Crippen molar-refractivity contribution in [2.24, 2.45) is 11.0 Å². The second-order valence-corrected chi connectivity index (χ2v) is 4.96. The lowest BCUT2D eigenvalue weighted by molar-refractivity contribution is 0.414. The van der Waals surface area contributed by atoms with Gasteiger partial charge in [-0.15, -0.1) is 0 Å². The smallest absolute Gasteiger partial charge is 0.296 e.